The molecule has 1 amide bonds. The number of aryl methyl sites for hydroxylation is 1. The van der Waals surface area contributed by atoms with E-state index in [2.05, 4.69) is 15.9 Å². The molecule has 1 aliphatic rings. The van der Waals surface area contributed by atoms with E-state index in [-0.39, 0.29) is 17.8 Å². The van der Waals surface area contributed by atoms with Crippen molar-refractivity contribution in [3.05, 3.63) is 34.1 Å². The van der Waals surface area contributed by atoms with E-state index in [1.807, 2.05) is 11.8 Å². The second-order valence-corrected chi connectivity index (χ2v) is 5.61. The molecule has 1 unspecified atom stereocenters. The monoisotopic (exact) mass is 329 g/mol. The Hall–Kier alpha value is -0.940. The van der Waals surface area contributed by atoms with Gasteiger partial charge in [0.1, 0.15) is 5.82 Å². The summed E-state index contributed by atoms with van der Waals surface area (Å²) in [5.41, 5.74) is 0.828. The van der Waals surface area contributed by atoms with Crippen LogP contribution in [-0.4, -0.2) is 36.6 Å². The van der Waals surface area contributed by atoms with Crippen LogP contribution in [0.2, 0.25) is 0 Å². The highest BCUT2D eigenvalue weighted by molar-refractivity contribution is 9.10. The lowest BCUT2D eigenvalue weighted by Crippen LogP contribution is -2.44. The fourth-order valence-electron chi connectivity index (χ4n) is 2.18. The first-order valence-corrected chi connectivity index (χ1v) is 7.19. The molecule has 0 N–H and O–H groups in total. The predicted molar refractivity (Wildman–Crippen MR) is 74.4 cm³/mol. The summed E-state index contributed by atoms with van der Waals surface area (Å²) >= 11 is 3.37. The molecule has 1 aromatic rings. The molecule has 0 saturated carbocycles. The molecular formula is C14H17BrFNO2. The summed E-state index contributed by atoms with van der Waals surface area (Å²) in [7, 11) is 0. The van der Waals surface area contributed by atoms with Crippen molar-refractivity contribution in [3.8, 4) is 0 Å². The second kappa shape index (κ2) is 6.48. The normalized spacial score (nSPS) is 19.5. The van der Waals surface area contributed by atoms with Crippen LogP contribution >= 0.6 is 15.9 Å². The Labute approximate surface area is 120 Å². The third-order valence-electron chi connectivity index (χ3n) is 3.21. The Balaban J connectivity index is 1.91. The van der Waals surface area contributed by atoms with Crippen molar-refractivity contribution >= 4 is 21.8 Å². The van der Waals surface area contributed by atoms with E-state index < -0.39 is 0 Å². The molecule has 0 aromatic heterocycles. The summed E-state index contributed by atoms with van der Waals surface area (Å²) in [4.78, 5) is 13.9. The van der Waals surface area contributed by atoms with E-state index in [0.717, 1.165) is 10.0 Å². The van der Waals surface area contributed by atoms with Crippen LogP contribution in [0.15, 0.2) is 22.7 Å². The van der Waals surface area contributed by atoms with Gasteiger partial charge in [0, 0.05) is 24.0 Å². The van der Waals surface area contributed by atoms with Gasteiger partial charge >= 0.3 is 0 Å². The molecule has 1 atom stereocenters. The maximum absolute atomic E-state index is 13.1. The van der Waals surface area contributed by atoms with Gasteiger partial charge in [-0.25, -0.2) is 4.39 Å². The van der Waals surface area contributed by atoms with Gasteiger partial charge in [0.15, 0.2) is 0 Å². The van der Waals surface area contributed by atoms with Gasteiger partial charge in [0.05, 0.1) is 12.7 Å². The van der Waals surface area contributed by atoms with E-state index in [1.165, 1.54) is 12.1 Å². The lowest BCUT2D eigenvalue weighted by molar-refractivity contribution is -0.138. The largest absolute Gasteiger partial charge is 0.375 e. The predicted octanol–water partition coefficient (Wildman–Crippen LogP) is 2.77. The molecule has 0 aliphatic carbocycles. The van der Waals surface area contributed by atoms with Crippen LogP contribution in [0.1, 0.15) is 18.9 Å². The first-order chi connectivity index (χ1) is 9.06. The Morgan fingerprint density at radius 2 is 2.37 bits per heavy atom. The number of carbonyl (C=O) groups is 1. The van der Waals surface area contributed by atoms with Gasteiger partial charge in [-0.05, 0) is 37.1 Å². The van der Waals surface area contributed by atoms with Crippen molar-refractivity contribution in [2.24, 2.45) is 0 Å². The quantitative estimate of drug-likeness (QED) is 0.853. The van der Waals surface area contributed by atoms with Crippen LogP contribution in [-0.2, 0) is 16.0 Å². The number of rotatable bonds is 3. The number of amides is 1. The Bertz CT molecular complexity index is 467. The van der Waals surface area contributed by atoms with E-state index in [9.17, 15) is 9.18 Å². The highest BCUT2D eigenvalue weighted by Gasteiger charge is 2.21. The Morgan fingerprint density at radius 1 is 1.58 bits per heavy atom. The van der Waals surface area contributed by atoms with Gasteiger partial charge in [-0.15, -0.1) is 0 Å². The average Bonchev–Trinajstić information content (AvgIpc) is 2.39. The number of morpholine rings is 1. The molecule has 0 bridgehead atoms. The summed E-state index contributed by atoms with van der Waals surface area (Å²) in [6.45, 7) is 3.84. The Kier molecular flexibility index (Phi) is 4.93. The van der Waals surface area contributed by atoms with E-state index in [0.29, 0.717) is 32.5 Å². The smallest absolute Gasteiger partial charge is 0.223 e. The van der Waals surface area contributed by atoms with Gasteiger partial charge in [-0.3, -0.25) is 4.79 Å². The summed E-state index contributed by atoms with van der Waals surface area (Å²) in [5, 5.41) is 0. The van der Waals surface area contributed by atoms with Crippen molar-refractivity contribution in [1.29, 1.82) is 0 Å². The van der Waals surface area contributed by atoms with Gasteiger partial charge in [-0.1, -0.05) is 15.9 Å². The molecule has 1 aliphatic heterocycles. The van der Waals surface area contributed by atoms with Gasteiger partial charge in [0.2, 0.25) is 5.91 Å². The molecule has 1 fully saturated rings. The molecule has 5 heteroatoms. The number of halogens is 2. The maximum Gasteiger partial charge on any atom is 0.223 e. The zero-order valence-electron chi connectivity index (χ0n) is 10.9. The summed E-state index contributed by atoms with van der Waals surface area (Å²) < 4.78 is 19.4. The number of hydrogen-bond donors (Lipinski definition) is 0. The molecule has 104 valence electrons. The molecule has 1 aromatic carbocycles. The van der Waals surface area contributed by atoms with Gasteiger partial charge in [0.25, 0.3) is 0 Å². The first kappa shape index (κ1) is 14.5. The summed E-state index contributed by atoms with van der Waals surface area (Å²) in [5.74, 6) is -0.169. The molecule has 2 rings (SSSR count). The van der Waals surface area contributed by atoms with Crippen LogP contribution in [0.3, 0.4) is 0 Å². The van der Waals surface area contributed by atoms with Crippen LogP contribution in [0, 0.1) is 5.82 Å². The maximum atomic E-state index is 13.1. The summed E-state index contributed by atoms with van der Waals surface area (Å²) in [6, 6.07) is 4.55. The fraction of sp³-hybridized carbons (Fsp3) is 0.500. The molecule has 19 heavy (non-hydrogen) atoms. The van der Waals surface area contributed by atoms with E-state index in [4.69, 9.17) is 4.74 Å². The molecule has 1 heterocycles. The molecular weight excluding hydrogens is 313 g/mol. The lowest BCUT2D eigenvalue weighted by Gasteiger charge is -2.31. The van der Waals surface area contributed by atoms with E-state index in [1.54, 1.807) is 6.07 Å². The molecule has 1 saturated heterocycles. The topological polar surface area (TPSA) is 29.5 Å². The van der Waals surface area contributed by atoms with E-state index >= 15 is 0 Å². The average molecular weight is 330 g/mol. The van der Waals surface area contributed by atoms with Crippen molar-refractivity contribution in [2.45, 2.75) is 25.9 Å². The number of nitrogens with zero attached hydrogens (tertiary/aromatic N) is 1. The van der Waals surface area contributed by atoms with Crippen molar-refractivity contribution in [1.82, 2.24) is 4.90 Å². The third kappa shape index (κ3) is 4.01. The SMILES string of the molecule is CC1CN(C(=O)CCc2cc(F)ccc2Br)CCO1. The Morgan fingerprint density at radius 3 is 3.11 bits per heavy atom. The first-order valence-electron chi connectivity index (χ1n) is 6.39. The minimum Gasteiger partial charge on any atom is -0.375 e. The number of carbonyl (C=O) groups excluding carboxylic acids is 1. The molecule has 0 spiro atoms. The van der Waals surface area contributed by atoms with Gasteiger partial charge < -0.3 is 9.64 Å². The third-order valence-corrected chi connectivity index (χ3v) is 3.98. The number of ether oxygens (including phenoxy) is 1. The van der Waals surface area contributed by atoms with Crippen LogP contribution in [0.5, 0.6) is 0 Å². The molecule has 0 radical (unpaired) electrons. The van der Waals surface area contributed by atoms with Crippen molar-refractivity contribution < 1.29 is 13.9 Å². The van der Waals surface area contributed by atoms with Crippen LogP contribution < -0.4 is 0 Å². The highest BCUT2D eigenvalue weighted by atomic mass is 79.9. The zero-order chi connectivity index (χ0) is 13.8. The standard InChI is InChI=1S/C14H17BrFNO2/c1-10-9-17(6-7-19-10)14(18)5-2-11-8-12(16)3-4-13(11)15/h3-4,8,10H,2,5-7,9H2,1H3. The minimum absolute atomic E-state index is 0.0959. The lowest BCUT2D eigenvalue weighted by atomic mass is 10.1. The highest BCUT2D eigenvalue weighted by Crippen LogP contribution is 2.20. The van der Waals surface area contributed by atoms with Crippen molar-refractivity contribution in [2.75, 3.05) is 19.7 Å². The number of benzene rings is 1. The van der Waals surface area contributed by atoms with Crippen molar-refractivity contribution in [3.63, 3.8) is 0 Å². The second-order valence-electron chi connectivity index (χ2n) is 4.76. The number of hydrogen-bond acceptors (Lipinski definition) is 2. The fourth-order valence-corrected chi connectivity index (χ4v) is 2.62. The summed E-state index contributed by atoms with van der Waals surface area (Å²) in [6.07, 6.45) is 1.04. The minimum atomic E-state index is -0.273. The molecule has 3 nitrogen and oxygen atoms in total. The van der Waals surface area contributed by atoms with Gasteiger partial charge in [-0.2, -0.15) is 0 Å². The van der Waals surface area contributed by atoms with Crippen LogP contribution in [0.25, 0.3) is 0 Å². The van der Waals surface area contributed by atoms with Crippen LogP contribution in [0.4, 0.5) is 4.39 Å². The zero-order valence-corrected chi connectivity index (χ0v) is 12.5.